The molecule has 0 aliphatic carbocycles. The quantitative estimate of drug-likeness (QED) is 0.773. The van der Waals surface area contributed by atoms with Gasteiger partial charge in [0.2, 0.25) is 0 Å². The number of rotatable bonds is 5. The Labute approximate surface area is 142 Å². The van der Waals surface area contributed by atoms with Crippen LogP contribution in [0.3, 0.4) is 0 Å². The average Bonchev–Trinajstić information content (AvgIpc) is 2.91. The largest absolute Gasteiger partial charge is 0.471 e. The molecule has 0 bridgehead atoms. The van der Waals surface area contributed by atoms with E-state index in [2.05, 4.69) is 5.10 Å². The van der Waals surface area contributed by atoms with Crippen LogP contribution >= 0.6 is 0 Å². The number of nitrogens with two attached hydrogens (primary N) is 1. The predicted octanol–water partition coefficient (Wildman–Crippen LogP) is 3.24. The number of nitriles is 1. The molecule has 0 unspecified atom stereocenters. The summed E-state index contributed by atoms with van der Waals surface area (Å²) in [5.41, 5.74) is 7.12. The van der Waals surface area contributed by atoms with Crippen LogP contribution in [0.15, 0.2) is 48.5 Å². The van der Waals surface area contributed by atoms with Gasteiger partial charge in [-0.15, -0.1) is 5.10 Å². The lowest BCUT2D eigenvalue weighted by Crippen LogP contribution is -2.07. The van der Waals surface area contributed by atoms with Crippen molar-refractivity contribution in [3.63, 3.8) is 0 Å². The molecular formula is C18H14F2N4O. The molecule has 7 heteroatoms. The van der Waals surface area contributed by atoms with Crippen molar-refractivity contribution in [2.24, 2.45) is 0 Å². The number of aromatic nitrogens is 2. The first-order chi connectivity index (χ1) is 12.1. The van der Waals surface area contributed by atoms with Crippen molar-refractivity contribution in [1.82, 2.24) is 9.78 Å². The first-order valence-corrected chi connectivity index (χ1v) is 7.45. The van der Waals surface area contributed by atoms with Gasteiger partial charge in [0.15, 0.2) is 5.56 Å². The molecule has 0 fully saturated rings. The van der Waals surface area contributed by atoms with Crippen LogP contribution in [0.4, 0.5) is 14.6 Å². The van der Waals surface area contributed by atoms with E-state index in [9.17, 15) is 14.0 Å². The van der Waals surface area contributed by atoms with Crippen LogP contribution in [0.25, 0.3) is 0 Å². The third-order valence-electron chi connectivity index (χ3n) is 3.64. The molecule has 0 aliphatic rings. The SMILES string of the molecule is N#Cc1c(OCc2ccc(F)cc2)nn(Cc2ccccc2F)c1N. The molecule has 0 saturated carbocycles. The van der Waals surface area contributed by atoms with Gasteiger partial charge in [-0.3, -0.25) is 0 Å². The number of hydrogen-bond donors (Lipinski definition) is 1. The van der Waals surface area contributed by atoms with Crippen molar-refractivity contribution < 1.29 is 13.5 Å². The molecule has 2 N–H and O–H groups in total. The van der Waals surface area contributed by atoms with Crippen LogP contribution in [0.5, 0.6) is 5.88 Å². The summed E-state index contributed by atoms with van der Waals surface area (Å²) in [5.74, 6) is -0.579. The lowest BCUT2D eigenvalue weighted by molar-refractivity contribution is 0.289. The summed E-state index contributed by atoms with van der Waals surface area (Å²) in [4.78, 5) is 0. The van der Waals surface area contributed by atoms with Crippen LogP contribution in [-0.2, 0) is 13.2 Å². The zero-order valence-electron chi connectivity index (χ0n) is 13.1. The Hall–Kier alpha value is -3.40. The Morgan fingerprint density at radius 2 is 1.84 bits per heavy atom. The topological polar surface area (TPSA) is 76.9 Å². The van der Waals surface area contributed by atoms with E-state index >= 15 is 0 Å². The van der Waals surface area contributed by atoms with Gasteiger partial charge in [0.1, 0.15) is 30.1 Å². The van der Waals surface area contributed by atoms with Crippen molar-refractivity contribution >= 4 is 5.82 Å². The van der Waals surface area contributed by atoms with E-state index in [0.29, 0.717) is 11.1 Å². The molecule has 126 valence electrons. The number of ether oxygens (including phenoxy) is 1. The van der Waals surface area contributed by atoms with E-state index in [0.717, 1.165) is 0 Å². The van der Waals surface area contributed by atoms with E-state index in [1.165, 1.54) is 22.9 Å². The maximum absolute atomic E-state index is 13.8. The zero-order chi connectivity index (χ0) is 17.8. The average molecular weight is 340 g/mol. The highest BCUT2D eigenvalue weighted by atomic mass is 19.1. The second-order valence-electron chi connectivity index (χ2n) is 5.34. The van der Waals surface area contributed by atoms with Gasteiger partial charge in [-0.1, -0.05) is 30.3 Å². The lowest BCUT2D eigenvalue weighted by atomic mass is 10.2. The molecule has 1 aromatic heterocycles. The molecule has 3 rings (SSSR count). The monoisotopic (exact) mass is 340 g/mol. The Kier molecular flexibility index (Phi) is 4.61. The Morgan fingerprint density at radius 1 is 1.12 bits per heavy atom. The van der Waals surface area contributed by atoms with Crippen molar-refractivity contribution in [3.8, 4) is 11.9 Å². The summed E-state index contributed by atoms with van der Waals surface area (Å²) in [6.07, 6.45) is 0. The van der Waals surface area contributed by atoms with Crippen molar-refractivity contribution in [2.75, 3.05) is 5.73 Å². The Balaban J connectivity index is 1.82. The minimum Gasteiger partial charge on any atom is -0.471 e. The predicted molar refractivity (Wildman–Crippen MR) is 87.6 cm³/mol. The van der Waals surface area contributed by atoms with E-state index in [-0.39, 0.29) is 42.0 Å². The molecule has 25 heavy (non-hydrogen) atoms. The minimum atomic E-state index is -0.385. The number of nitrogen functional groups attached to an aromatic ring is 1. The highest BCUT2D eigenvalue weighted by Crippen LogP contribution is 2.25. The number of halogens is 2. The lowest BCUT2D eigenvalue weighted by Gasteiger charge is -2.05. The second kappa shape index (κ2) is 7.01. The van der Waals surface area contributed by atoms with Crippen LogP contribution in [0, 0.1) is 23.0 Å². The molecule has 0 atom stereocenters. The fourth-order valence-corrected chi connectivity index (χ4v) is 2.30. The first kappa shape index (κ1) is 16.5. The van der Waals surface area contributed by atoms with Crippen molar-refractivity contribution in [1.29, 1.82) is 5.26 Å². The molecule has 0 radical (unpaired) electrons. The summed E-state index contributed by atoms with van der Waals surface area (Å²) in [5, 5.41) is 13.4. The van der Waals surface area contributed by atoms with Gasteiger partial charge in [0, 0.05) is 5.56 Å². The van der Waals surface area contributed by atoms with Gasteiger partial charge in [-0.05, 0) is 23.8 Å². The van der Waals surface area contributed by atoms with E-state index < -0.39 is 0 Å². The van der Waals surface area contributed by atoms with Crippen molar-refractivity contribution in [2.45, 2.75) is 13.2 Å². The second-order valence-corrected chi connectivity index (χ2v) is 5.34. The van der Waals surface area contributed by atoms with Crippen LogP contribution < -0.4 is 10.5 Å². The van der Waals surface area contributed by atoms with Crippen LogP contribution in [0.2, 0.25) is 0 Å². The van der Waals surface area contributed by atoms with Gasteiger partial charge >= 0.3 is 0 Å². The highest BCUT2D eigenvalue weighted by molar-refractivity contribution is 5.55. The number of benzene rings is 2. The molecule has 0 amide bonds. The summed E-state index contributed by atoms with van der Waals surface area (Å²) in [6, 6.07) is 14.0. The fourth-order valence-electron chi connectivity index (χ4n) is 2.30. The van der Waals surface area contributed by atoms with E-state index in [1.54, 1.807) is 30.3 Å². The Bertz CT molecular complexity index is 929. The van der Waals surface area contributed by atoms with Gasteiger partial charge in [-0.2, -0.15) is 5.26 Å². The number of anilines is 1. The highest BCUT2D eigenvalue weighted by Gasteiger charge is 2.18. The van der Waals surface area contributed by atoms with Gasteiger partial charge in [0.25, 0.3) is 5.88 Å². The molecule has 0 aliphatic heterocycles. The summed E-state index contributed by atoms with van der Waals surface area (Å²) in [6.45, 7) is 0.179. The van der Waals surface area contributed by atoms with Crippen LogP contribution in [0.1, 0.15) is 16.7 Å². The minimum absolute atomic E-state index is 0.0562. The van der Waals surface area contributed by atoms with Crippen molar-refractivity contribution in [3.05, 3.63) is 76.9 Å². The number of nitrogens with zero attached hydrogens (tertiary/aromatic N) is 3. The van der Waals surface area contributed by atoms with Crippen LogP contribution in [-0.4, -0.2) is 9.78 Å². The molecule has 0 saturated heterocycles. The molecule has 2 aromatic carbocycles. The first-order valence-electron chi connectivity index (χ1n) is 7.45. The summed E-state index contributed by atoms with van der Waals surface area (Å²) >= 11 is 0. The van der Waals surface area contributed by atoms with Gasteiger partial charge in [-0.25, -0.2) is 13.5 Å². The maximum Gasteiger partial charge on any atom is 0.253 e. The summed E-state index contributed by atoms with van der Waals surface area (Å²) in [7, 11) is 0. The van der Waals surface area contributed by atoms with E-state index in [1.807, 2.05) is 6.07 Å². The van der Waals surface area contributed by atoms with E-state index in [4.69, 9.17) is 10.5 Å². The van der Waals surface area contributed by atoms with Gasteiger partial charge in [0.05, 0.1) is 6.54 Å². The summed E-state index contributed by atoms with van der Waals surface area (Å²) < 4.78 is 33.6. The maximum atomic E-state index is 13.8. The molecule has 3 aromatic rings. The third kappa shape index (κ3) is 3.58. The fraction of sp³-hybridized carbons (Fsp3) is 0.111. The standard InChI is InChI=1S/C18H14F2N4O/c19-14-7-5-12(6-8-14)11-25-18-15(9-21)17(22)24(23-18)10-13-3-1-2-4-16(13)20/h1-8H,10-11,22H2. The number of hydrogen-bond acceptors (Lipinski definition) is 4. The Morgan fingerprint density at radius 3 is 2.52 bits per heavy atom. The molecular weight excluding hydrogens is 326 g/mol. The third-order valence-corrected chi connectivity index (χ3v) is 3.64. The normalized spacial score (nSPS) is 10.4. The zero-order valence-corrected chi connectivity index (χ0v) is 13.1. The van der Waals surface area contributed by atoms with Gasteiger partial charge < -0.3 is 10.5 Å². The smallest absolute Gasteiger partial charge is 0.253 e. The molecule has 1 heterocycles. The molecule has 5 nitrogen and oxygen atoms in total. The molecule has 0 spiro atoms.